The Bertz CT molecular complexity index is 588. The molecule has 2 fully saturated rings. The van der Waals surface area contributed by atoms with Gasteiger partial charge < -0.3 is 10.1 Å². The smallest absolute Gasteiger partial charge is 0.324 e. The van der Waals surface area contributed by atoms with E-state index in [1.807, 2.05) is 12.1 Å². The number of carbonyl (C=O) groups excluding carboxylic acids is 2. The van der Waals surface area contributed by atoms with E-state index < -0.39 is 0 Å². The molecule has 2 heterocycles. The van der Waals surface area contributed by atoms with Gasteiger partial charge in [-0.15, -0.1) is 0 Å². The van der Waals surface area contributed by atoms with E-state index in [9.17, 15) is 9.59 Å². The molecule has 3 amide bonds. The highest BCUT2D eigenvalue weighted by Crippen LogP contribution is 2.31. The first-order valence-electron chi connectivity index (χ1n) is 8.65. The normalized spacial score (nSPS) is 22.1. The van der Waals surface area contributed by atoms with Gasteiger partial charge in [-0.1, -0.05) is 25.0 Å². The molecule has 1 aromatic rings. The van der Waals surface area contributed by atoms with E-state index in [4.69, 9.17) is 4.74 Å². The van der Waals surface area contributed by atoms with Crippen molar-refractivity contribution in [3.05, 3.63) is 29.8 Å². The summed E-state index contributed by atoms with van der Waals surface area (Å²) in [5.41, 5.74) is 1.20. The summed E-state index contributed by atoms with van der Waals surface area (Å²) in [5, 5.41) is 2.69. The fourth-order valence-corrected chi connectivity index (χ4v) is 3.53. The topological polar surface area (TPSA) is 61.9 Å². The van der Waals surface area contributed by atoms with E-state index in [0.717, 1.165) is 31.6 Å². The maximum Gasteiger partial charge on any atom is 0.324 e. The average Bonchev–Trinajstić information content (AvgIpc) is 2.90. The highest BCUT2D eigenvalue weighted by Gasteiger charge is 2.30. The number of likely N-dealkylation sites (tertiary alicyclic amines) is 1. The summed E-state index contributed by atoms with van der Waals surface area (Å²) in [7, 11) is 1.66. The summed E-state index contributed by atoms with van der Waals surface area (Å²) in [6, 6.07) is 8.04. The number of methoxy groups -OCH3 is 1. The molecule has 6 nitrogen and oxygen atoms in total. The second-order valence-corrected chi connectivity index (χ2v) is 6.39. The fourth-order valence-electron chi connectivity index (χ4n) is 3.53. The number of ether oxygens (including phenoxy) is 1. The molecule has 0 bridgehead atoms. The van der Waals surface area contributed by atoms with Gasteiger partial charge in [0, 0.05) is 19.1 Å². The molecule has 0 aliphatic carbocycles. The average molecular weight is 331 g/mol. The zero-order valence-corrected chi connectivity index (χ0v) is 14.2. The number of rotatable bonds is 4. The number of amides is 3. The number of carbonyl (C=O) groups is 2. The Labute approximate surface area is 142 Å². The molecule has 0 spiro atoms. The van der Waals surface area contributed by atoms with Crippen molar-refractivity contribution in [3.8, 4) is 5.75 Å². The van der Waals surface area contributed by atoms with Crippen LogP contribution in [0.25, 0.3) is 0 Å². The first kappa shape index (κ1) is 16.8. The molecule has 1 atom stereocenters. The Morgan fingerprint density at radius 1 is 1.21 bits per heavy atom. The van der Waals surface area contributed by atoms with Crippen molar-refractivity contribution < 1.29 is 14.3 Å². The SMILES string of the molecule is COc1ccc(C2CCCCCN2CC(=O)N2CCNC2=O)cc1. The number of urea groups is 1. The van der Waals surface area contributed by atoms with Crippen LogP contribution in [0.1, 0.15) is 37.3 Å². The lowest BCUT2D eigenvalue weighted by Gasteiger charge is -2.30. The third-order valence-corrected chi connectivity index (χ3v) is 4.86. The minimum absolute atomic E-state index is 0.106. The van der Waals surface area contributed by atoms with Crippen molar-refractivity contribution in [2.24, 2.45) is 0 Å². The van der Waals surface area contributed by atoms with Crippen LogP contribution in [0.5, 0.6) is 5.75 Å². The highest BCUT2D eigenvalue weighted by molar-refractivity contribution is 5.96. The maximum atomic E-state index is 12.5. The molecule has 0 saturated carbocycles. The van der Waals surface area contributed by atoms with Crippen molar-refractivity contribution in [2.45, 2.75) is 31.7 Å². The zero-order chi connectivity index (χ0) is 16.9. The van der Waals surface area contributed by atoms with Gasteiger partial charge in [0.2, 0.25) is 5.91 Å². The van der Waals surface area contributed by atoms with E-state index in [2.05, 4.69) is 22.3 Å². The third-order valence-electron chi connectivity index (χ3n) is 4.86. The van der Waals surface area contributed by atoms with Crippen molar-refractivity contribution >= 4 is 11.9 Å². The predicted molar refractivity (Wildman–Crippen MR) is 90.9 cm³/mol. The Kier molecular flexibility index (Phi) is 5.35. The maximum absolute atomic E-state index is 12.5. The fraction of sp³-hybridized carbons (Fsp3) is 0.556. The summed E-state index contributed by atoms with van der Waals surface area (Å²) in [6.45, 7) is 2.20. The molecule has 2 saturated heterocycles. The van der Waals surface area contributed by atoms with Gasteiger partial charge in [0.05, 0.1) is 13.7 Å². The van der Waals surface area contributed by atoms with Gasteiger partial charge in [-0.05, 0) is 37.1 Å². The number of imide groups is 1. The molecule has 2 aliphatic rings. The molecule has 6 heteroatoms. The van der Waals surface area contributed by atoms with Gasteiger partial charge in [-0.2, -0.15) is 0 Å². The van der Waals surface area contributed by atoms with E-state index in [1.54, 1.807) is 7.11 Å². The predicted octanol–water partition coefficient (Wildman–Crippen LogP) is 2.16. The van der Waals surface area contributed by atoms with Crippen LogP contribution in [-0.4, -0.2) is 55.0 Å². The summed E-state index contributed by atoms with van der Waals surface area (Å²) in [4.78, 5) is 27.8. The molecule has 1 unspecified atom stereocenters. The van der Waals surface area contributed by atoms with Crippen LogP contribution in [0, 0.1) is 0 Å². The first-order valence-corrected chi connectivity index (χ1v) is 8.65. The lowest BCUT2D eigenvalue weighted by Crippen LogP contribution is -2.43. The minimum atomic E-state index is -0.268. The Balaban J connectivity index is 1.74. The van der Waals surface area contributed by atoms with E-state index in [-0.39, 0.29) is 18.0 Å². The van der Waals surface area contributed by atoms with Crippen molar-refractivity contribution in [1.29, 1.82) is 0 Å². The van der Waals surface area contributed by atoms with Gasteiger partial charge >= 0.3 is 6.03 Å². The first-order chi connectivity index (χ1) is 11.7. The summed E-state index contributed by atoms with van der Waals surface area (Å²) in [5.74, 6) is 0.731. The summed E-state index contributed by atoms with van der Waals surface area (Å²) >= 11 is 0. The molecule has 3 rings (SSSR count). The van der Waals surface area contributed by atoms with Gasteiger partial charge in [0.15, 0.2) is 0 Å². The summed E-state index contributed by atoms with van der Waals surface area (Å²) in [6.07, 6.45) is 4.46. The Morgan fingerprint density at radius 2 is 2.00 bits per heavy atom. The van der Waals surface area contributed by atoms with Gasteiger partial charge in [0.1, 0.15) is 5.75 Å². The zero-order valence-electron chi connectivity index (χ0n) is 14.2. The van der Waals surface area contributed by atoms with E-state index >= 15 is 0 Å². The van der Waals surface area contributed by atoms with Crippen LogP contribution < -0.4 is 10.1 Å². The second-order valence-electron chi connectivity index (χ2n) is 6.39. The lowest BCUT2D eigenvalue weighted by molar-refractivity contribution is -0.129. The molecular formula is C18H25N3O3. The van der Waals surface area contributed by atoms with Crippen LogP contribution in [0.2, 0.25) is 0 Å². The number of hydrogen-bond acceptors (Lipinski definition) is 4. The minimum Gasteiger partial charge on any atom is -0.497 e. The van der Waals surface area contributed by atoms with Crippen molar-refractivity contribution in [1.82, 2.24) is 15.1 Å². The standard InChI is InChI=1S/C18H25N3O3/c1-24-15-8-6-14(7-9-15)16-5-3-2-4-11-20(16)13-17(22)21-12-10-19-18(21)23/h6-9,16H,2-5,10-13H2,1H3,(H,19,23). The van der Waals surface area contributed by atoms with Crippen LogP contribution in [0.3, 0.4) is 0 Å². The Hall–Kier alpha value is -2.08. The third kappa shape index (κ3) is 3.70. The number of benzene rings is 1. The highest BCUT2D eigenvalue weighted by atomic mass is 16.5. The molecule has 0 radical (unpaired) electrons. The largest absolute Gasteiger partial charge is 0.497 e. The molecule has 1 aromatic carbocycles. The molecule has 130 valence electrons. The molecule has 0 aromatic heterocycles. The van der Waals surface area contributed by atoms with Crippen molar-refractivity contribution in [3.63, 3.8) is 0 Å². The van der Waals surface area contributed by atoms with E-state index in [1.165, 1.54) is 16.9 Å². The molecule has 1 N–H and O–H groups in total. The number of nitrogens with one attached hydrogen (secondary N) is 1. The second kappa shape index (κ2) is 7.66. The number of hydrogen-bond donors (Lipinski definition) is 1. The molecular weight excluding hydrogens is 306 g/mol. The van der Waals surface area contributed by atoms with Crippen LogP contribution in [-0.2, 0) is 4.79 Å². The summed E-state index contributed by atoms with van der Waals surface area (Å²) < 4.78 is 5.23. The van der Waals surface area contributed by atoms with Crippen LogP contribution in [0.4, 0.5) is 4.79 Å². The van der Waals surface area contributed by atoms with E-state index in [0.29, 0.717) is 19.6 Å². The Morgan fingerprint density at radius 3 is 2.67 bits per heavy atom. The van der Waals surface area contributed by atoms with Gasteiger partial charge in [0.25, 0.3) is 0 Å². The van der Waals surface area contributed by atoms with Crippen LogP contribution in [0.15, 0.2) is 24.3 Å². The van der Waals surface area contributed by atoms with Gasteiger partial charge in [-0.3, -0.25) is 14.6 Å². The molecule has 2 aliphatic heterocycles. The van der Waals surface area contributed by atoms with Gasteiger partial charge in [-0.25, -0.2) is 4.79 Å². The van der Waals surface area contributed by atoms with Crippen LogP contribution >= 0.6 is 0 Å². The lowest BCUT2D eigenvalue weighted by atomic mass is 10.0. The monoisotopic (exact) mass is 331 g/mol. The molecule has 24 heavy (non-hydrogen) atoms. The van der Waals surface area contributed by atoms with Crippen molar-refractivity contribution in [2.75, 3.05) is 33.3 Å². The number of nitrogens with zero attached hydrogens (tertiary/aromatic N) is 2. The quantitative estimate of drug-likeness (QED) is 0.918.